The van der Waals surface area contributed by atoms with Crippen molar-refractivity contribution in [2.45, 2.75) is 44.9 Å². The highest BCUT2D eigenvalue weighted by molar-refractivity contribution is 5.98. The molecule has 3 rings (SSSR count). The fraction of sp³-hybridized carbons (Fsp3) is 0.643. The largest absolute Gasteiger partial charge is 0.468 e. The van der Waals surface area contributed by atoms with Gasteiger partial charge in [0.2, 0.25) is 0 Å². The highest BCUT2D eigenvalue weighted by Crippen LogP contribution is 2.52. The normalized spacial score (nSPS) is 38.0. The molecule has 16 heavy (non-hydrogen) atoms. The van der Waals surface area contributed by atoms with Gasteiger partial charge in [0, 0.05) is 11.8 Å². The van der Waals surface area contributed by atoms with Crippen LogP contribution in [0.2, 0.25) is 0 Å². The van der Waals surface area contributed by atoms with Crippen molar-refractivity contribution >= 4 is 5.78 Å². The van der Waals surface area contributed by atoms with Crippen LogP contribution in [0.25, 0.3) is 0 Å². The molecule has 1 fully saturated rings. The van der Waals surface area contributed by atoms with Crippen LogP contribution in [0.15, 0.2) is 16.7 Å². The lowest BCUT2D eigenvalue weighted by Crippen LogP contribution is -2.45. The molecule has 2 aliphatic carbocycles. The summed E-state index contributed by atoms with van der Waals surface area (Å²) in [4.78, 5) is 12.0. The number of hydrogen-bond donors (Lipinski definition) is 0. The average Bonchev–Trinajstić information content (AvgIpc) is 2.73. The minimum atomic E-state index is 0.0883. The molecule has 0 amide bonds. The van der Waals surface area contributed by atoms with Crippen molar-refractivity contribution in [3.05, 3.63) is 23.7 Å². The molecule has 1 heterocycles. The van der Waals surface area contributed by atoms with E-state index in [9.17, 15) is 4.79 Å². The molecule has 0 spiro atoms. The minimum Gasteiger partial charge on any atom is -0.468 e. The maximum Gasteiger partial charge on any atom is 0.166 e. The Morgan fingerprint density at radius 2 is 2.25 bits per heavy atom. The van der Waals surface area contributed by atoms with E-state index in [0.29, 0.717) is 18.3 Å². The van der Waals surface area contributed by atoms with Gasteiger partial charge in [-0.15, -0.1) is 0 Å². The second kappa shape index (κ2) is 3.22. The van der Waals surface area contributed by atoms with E-state index in [-0.39, 0.29) is 11.2 Å². The number of rotatable bonds is 0. The molecule has 0 aliphatic heterocycles. The van der Waals surface area contributed by atoms with Gasteiger partial charge in [0.1, 0.15) is 5.76 Å². The number of ketones is 1. The second-order valence-electron chi connectivity index (χ2n) is 5.60. The summed E-state index contributed by atoms with van der Waals surface area (Å²) in [7, 11) is 0. The summed E-state index contributed by atoms with van der Waals surface area (Å²) in [5, 5.41) is 0. The molecule has 2 heteroatoms. The summed E-state index contributed by atoms with van der Waals surface area (Å²) >= 11 is 0. The van der Waals surface area contributed by atoms with Crippen molar-refractivity contribution in [2.24, 2.45) is 11.8 Å². The van der Waals surface area contributed by atoms with Crippen LogP contribution in [0.3, 0.4) is 0 Å². The maximum absolute atomic E-state index is 12.0. The topological polar surface area (TPSA) is 30.2 Å². The maximum atomic E-state index is 12.0. The summed E-state index contributed by atoms with van der Waals surface area (Å²) in [5.41, 5.74) is 0.929. The Bertz CT molecular complexity index is 432. The van der Waals surface area contributed by atoms with Crippen LogP contribution in [0.4, 0.5) is 0 Å². The Balaban J connectivity index is 2.16. The van der Waals surface area contributed by atoms with Crippen molar-refractivity contribution < 1.29 is 9.21 Å². The summed E-state index contributed by atoms with van der Waals surface area (Å²) in [6, 6.07) is 1.85. The summed E-state index contributed by atoms with van der Waals surface area (Å²) in [6.07, 6.45) is 6.07. The molecule has 86 valence electrons. The van der Waals surface area contributed by atoms with Crippen LogP contribution < -0.4 is 0 Å². The lowest BCUT2D eigenvalue weighted by Gasteiger charge is -2.47. The number of hydrogen-bond acceptors (Lipinski definition) is 2. The van der Waals surface area contributed by atoms with Crippen LogP contribution in [-0.4, -0.2) is 5.78 Å². The Morgan fingerprint density at radius 3 is 3.06 bits per heavy atom. The van der Waals surface area contributed by atoms with E-state index in [4.69, 9.17) is 4.42 Å². The predicted octanol–water partition coefficient (Wildman–Crippen LogP) is 3.56. The third-order valence-electron chi connectivity index (χ3n) is 4.95. The standard InChI is InChI=1S/C14H18O2/c1-9-4-3-5-10-8-12(15)11-6-7-16-13(11)14(9,10)2/h6-7,9-10H,3-5,8H2,1-2H3/t9-,10+,14+/m0/s1. The van der Waals surface area contributed by atoms with Crippen LogP contribution >= 0.6 is 0 Å². The highest BCUT2D eigenvalue weighted by Gasteiger charge is 2.50. The SMILES string of the molecule is C[C@H]1CCC[C@@H]2CC(=O)c3ccoc3[C@@]21C. The van der Waals surface area contributed by atoms with Gasteiger partial charge in [-0.3, -0.25) is 4.79 Å². The van der Waals surface area contributed by atoms with Gasteiger partial charge < -0.3 is 4.42 Å². The first kappa shape index (κ1) is 10.1. The molecule has 0 N–H and O–H groups in total. The zero-order valence-corrected chi connectivity index (χ0v) is 9.95. The van der Waals surface area contributed by atoms with Gasteiger partial charge in [-0.25, -0.2) is 0 Å². The fourth-order valence-corrected chi connectivity index (χ4v) is 3.68. The lowest BCUT2D eigenvalue weighted by molar-refractivity contribution is 0.0674. The van der Waals surface area contributed by atoms with Crippen LogP contribution in [0.1, 0.15) is 55.6 Å². The molecule has 1 saturated carbocycles. The van der Waals surface area contributed by atoms with Gasteiger partial charge in [0.05, 0.1) is 11.8 Å². The minimum absolute atomic E-state index is 0.0883. The van der Waals surface area contributed by atoms with Crippen LogP contribution in [-0.2, 0) is 5.41 Å². The van der Waals surface area contributed by atoms with E-state index >= 15 is 0 Å². The predicted molar refractivity (Wildman–Crippen MR) is 61.5 cm³/mol. The third kappa shape index (κ3) is 1.10. The van der Waals surface area contributed by atoms with E-state index in [1.807, 2.05) is 6.07 Å². The summed E-state index contributed by atoms with van der Waals surface area (Å²) < 4.78 is 5.65. The van der Waals surface area contributed by atoms with Crippen molar-refractivity contribution in [2.75, 3.05) is 0 Å². The second-order valence-corrected chi connectivity index (χ2v) is 5.60. The van der Waals surface area contributed by atoms with E-state index in [2.05, 4.69) is 13.8 Å². The smallest absolute Gasteiger partial charge is 0.166 e. The van der Waals surface area contributed by atoms with E-state index in [1.54, 1.807) is 6.26 Å². The van der Waals surface area contributed by atoms with Crippen LogP contribution in [0, 0.1) is 11.8 Å². The first-order chi connectivity index (χ1) is 7.64. The summed E-state index contributed by atoms with van der Waals surface area (Å²) in [6.45, 7) is 4.59. The van der Waals surface area contributed by atoms with Gasteiger partial charge >= 0.3 is 0 Å². The fourth-order valence-electron chi connectivity index (χ4n) is 3.68. The Kier molecular flexibility index (Phi) is 2.04. The third-order valence-corrected chi connectivity index (χ3v) is 4.95. The zero-order valence-electron chi connectivity index (χ0n) is 9.95. The van der Waals surface area contributed by atoms with Gasteiger partial charge in [-0.2, -0.15) is 0 Å². The molecule has 0 radical (unpaired) electrons. The lowest BCUT2D eigenvalue weighted by atomic mass is 9.56. The van der Waals surface area contributed by atoms with Crippen molar-refractivity contribution in [1.29, 1.82) is 0 Å². The first-order valence-electron chi connectivity index (χ1n) is 6.25. The Morgan fingerprint density at radius 1 is 1.44 bits per heavy atom. The number of Topliss-reactive ketones (excluding diaryl/α,β-unsaturated/α-hetero) is 1. The molecule has 0 bridgehead atoms. The quantitative estimate of drug-likeness (QED) is 0.666. The molecular formula is C14H18O2. The van der Waals surface area contributed by atoms with Gasteiger partial charge in [0.15, 0.2) is 5.78 Å². The zero-order chi connectivity index (χ0) is 11.3. The Labute approximate surface area is 96.0 Å². The molecule has 0 saturated heterocycles. The Hall–Kier alpha value is -1.05. The van der Waals surface area contributed by atoms with E-state index < -0.39 is 0 Å². The average molecular weight is 218 g/mol. The van der Waals surface area contributed by atoms with Gasteiger partial charge in [-0.05, 0) is 30.7 Å². The van der Waals surface area contributed by atoms with E-state index in [0.717, 1.165) is 11.3 Å². The molecule has 1 aromatic rings. The number of carbonyl (C=O) groups is 1. The molecule has 0 aromatic carbocycles. The van der Waals surface area contributed by atoms with Gasteiger partial charge in [0.25, 0.3) is 0 Å². The van der Waals surface area contributed by atoms with Crippen molar-refractivity contribution in [1.82, 2.24) is 0 Å². The molecule has 2 nitrogen and oxygen atoms in total. The molecule has 0 unspecified atom stereocenters. The van der Waals surface area contributed by atoms with Crippen molar-refractivity contribution in [3.8, 4) is 0 Å². The van der Waals surface area contributed by atoms with Gasteiger partial charge in [-0.1, -0.05) is 20.3 Å². The molecule has 3 atom stereocenters. The number of carbonyl (C=O) groups excluding carboxylic acids is 1. The van der Waals surface area contributed by atoms with Crippen LogP contribution in [0.5, 0.6) is 0 Å². The highest BCUT2D eigenvalue weighted by atomic mass is 16.3. The summed E-state index contributed by atoms with van der Waals surface area (Å²) in [5.74, 6) is 2.34. The number of fused-ring (bicyclic) bond motifs is 3. The molecular weight excluding hydrogens is 200 g/mol. The van der Waals surface area contributed by atoms with Crippen molar-refractivity contribution in [3.63, 3.8) is 0 Å². The monoisotopic (exact) mass is 218 g/mol. The molecule has 2 aliphatic rings. The number of furan rings is 1. The van der Waals surface area contributed by atoms with E-state index in [1.165, 1.54) is 19.3 Å². The first-order valence-corrected chi connectivity index (χ1v) is 6.25. The molecule has 1 aromatic heterocycles.